The van der Waals surface area contributed by atoms with Gasteiger partial charge in [-0.05, 0) is 47.5 Å². The summed E-state index contributed by atoms with van der Waals surface area (Å²) in [5.74, 6) is -1.10. The summed E-state index contributed by atoms with van der Waals surface area (Å²) in [6.45, 7) is 12.0. The molecule has 0 bridgehead atoms. The van der Waals surface area contributed by atoms with Crippen LogP contribution < -0.4 is 0 Å². The molecule has 1 heterocycles. The Bertz CT molecular complexity index is 1110. The predicted molar refractivity (Wildman–Crippen MR) is 163 cm³/mol. The van der Waals surface area contributed by atoms with Gasteiger partial charge in [0.05, 0.1) is 11.1 Å². The molecule has 3 aromatic rings. The monoisotopic (exact) mass is 634 g/mol. The first-order valence-electron chi connectivity index (χ1n) is 12.0. The number of carbonyl (C=O) groups is 4. The Hall–Kier alpha value is -2.41. The molecule has 0 saturated heterocycles. The summed E-state index contributed by atoms with van der Waals surface area (Å²) < 4.78 is 3.06. The summed E-state index contributed by atoms with van der Waals surface area (Å²) in [7, 11) is 0. The second-order valence-electron chi connectivity index (χ2n) is 6.18. The molecule has 212 valence electrons. The van der Waals surface area contributed by atoms with E-state index in [2.05, 4.69) is 4.74 Å². The van der Waals surface area contributed by atoms with Crippen LogP contribution in [0.25, 0.3) is 0 Å². The Kier molecular flexibility index (Phi) is 21.3. The highest BCUT2D eigenvalue weighted by Crippen LogP contribution is 2.37. The van der Waals surface area contributed by atoms with Gasteiger partial charge < -0.3 is 4.74 Å². The molecular weight excluding hydrogens is 606 g/mol. The molecule has 0 radical (unpaired) electrons. The lowest BCUT2D eigenvalue weighted by molar-refractivity contribution is 0.0443. The number of hydrogen-bond donors (Lipinski definition) is 0. The van der Waals surface area contributed by atoms with Crippen LogP contribution in [-0.2, 0) is 8.53 Å². The molecule has 0 N–H and O–H groups in total. The van der Waals surface area contributed by atoms with Gasteiger partial charge in [0.1, 0.15) is 0 Å². The van der Waals surface area contributed by atoms with E-state index in [1.54, 1.807) is 48.5 Å². The molecule has 3 aromatic carbocycles. The van der Waals surface area contributed by atoms with E-state index in [1.807, 2.05) is 59.7 Å². The van der Waals surface area contributed by atoms with Crippen LogP contribution in [0.1, 0.15) is 88.5 Å². The molecule has 10 heteroatoms. The summed E-state index contributed by atoms with van der Waals surface area (Å²) in [5.41, 5.74) is 1.69. The average molecular weight is 637 g/mol. The fourth-order valence-corrected chi connectivity index (χ4v) is 3.19. The second kappa shape index (κ2) is 21.4. The van der Waals surface area contributed by atoms with Crippen molar-refractivity contribution < 1.29 is 23.9 Å². The van der Waals surface area contributed by atoms with Crippen LogP contribution in [0, 0.1) is 0 Å². The molecule has 0 amide bonds. The lowest BCUT2D eigenvalue weighted by atomic mass is 10.1. The van der Waals surface area contributed by atoms with Crippen molar-refractivity contribution in [1.29, 1.82) is 0 Å². The van der Waals surface area contributed by atoms with E-state index in [0.717, 1.165) is 0 Å². The lowest BCUT2D eigenvalue weighted by Gasteiger charge is -2.09. The van der Waals surface area contributed by atoms with Gasteiger partial charge in [-0.1, -0.05) is 131 Å². The second-order valence-corrected chi connectivity index (χ2v) is 9.15. The van der Waals surface area contributed by atoms with Crippen LogP contribution in [0.15, 0.2) is 78.9 Å². The van der Waals surface area contributed by atoms with Crippen molar-refractivity contribution in [3.8, 4) is 0 Å². The van der Waals surface area contributed by atoms with Crippen LogP contribution in [0.2, 0.25) is 0 Å². The molecule has 0 saturated carbocycles. The molecular formula is C29H31Cl5O5. The number of benzene rings is 3. The number of esters is 2. The third-order valence-corrected chi connectivity index (χ3v) is 5.07. The van der Waals surface area contributed by atoms with Crippen LogP contribution in [0.4, 0.5) is 0 Å². The number of ether oxygens (including phenoxy) is 1. The highest BCUT2D eigenvalue weighted by molar-refractivity contribution is 6.72. The van der Waals surface area contributed by atoms with Gasteiger partial charge in [0, 0.05) is 16.7 Å². The van der Waals surface area contributed by atoms with E-state index >= 15 is 0 Å². The zero-order chi connectivity index (χ0) is 30.6. The Morgan fingerprint density at radius 3 is 1.15 bits per heavy atom. The van der Waals surface area contributed by atoms with Gasteiger partial charge in [-0.3, -0.25) is 9.59 Å². The Balaban J connectivity index is 0. The third-order valence-electron chi connectivity index (χ3n) is 4.00. The van der Waals surface area contributed by atoms with Gasteiger partial charge in [-0.25, -0.2) is 9.59 Å². The summed E-state index contributed by atoms with van der Waals surface area (Å²) >= 11 is 27.2. The van der Waals surface area contributed by atoms with Gasteiger partial charge in [-0.2, -0.15) is 0 Å². The average Bonchev–Trinajstić information content (AvgIpc) is 3.26. The summed E-state index contributed by atoms with van der Waals surface area (Å²) in [6, 6.07) is 21.7. The fourth-order valence-electron chi connectivity index (χ4n) is 2.49. The smallest absolute Gasteiger partial charge is 0.346 e. The maximum atomic E-state index is 10.8. The highest BCUT2D eigenvalue weighted by atomic mass is 35.6. The first kappa shape index (κ1) is 38.7. The number of fused-ring (bicyclic) bond motifs is 1. The Labute approximate surface area is 255 Å². The summed E-state index contributed by atoms with van der Waals surface area (Å²) in [6.07, 6.45) is 0. The molecule has 0 aliphatic carbocycles. The van der Waals surface area contributed by atoms with Crippen molar-refractivity contribution >= 4 is 80.4 Å². The van der Waals surface area contributed by atoms with E-state index in [4.69, 9.17) is 58.0 Å². The van der Waals surface area contributed by atoms with Crippen molar-refractivity contribution in [3.05, 3.63) is 107 Å². The maximum absolute atomic E-state index is 10.8. The number of cyclic esters (lactones) is 2. The number of halogens is 5. The van der Waals surface area contributed by atoms with Gasteiger partial charge in [0.2, 0.25) is 3.79 Å². The van der Waals surface area contributed by atoms with Crippen molar-refractivity contribution in [3.63, 3.8) is 0 Å². The van der Waals surface area contributed by atoms with Crippen LogP contribution >= 0.6 is 58.0 Å². The molecule has 0 aromatic heterocycles. The lowest BCUT2D eigenvalue weighted by Crippen LogP contribution is -1.99. The third kappa shape index (κ3) is 14.0. The van der Waals surface area contributed by atoms with Gasteiger partial charge >= 0.3 is 11.9 Å². The molecule has 0 fully saturated rings. The molecule has 39 heavy (non-hydrogen) atoms. The zero-order valence-corrected chi connectivity index (χ0v) is 26.2. The topological polar surface area (TPSA) is 77.5 Å². The van der Waals surface area contributed by atoms with E-state index in [0.29, 0.717) is 16.7 Å². The molecule has 0 atom stereocenters. The molecule has 4 rings (SSSR count). The first-order chi connectivity index (χ1) is 18.5. The van der Waals surface area contributed by atoms with E-state index < -0.39 is 26.2 Å². The summed E-state index contributed by atoms with van der Waals surface area (Å²) in [4.78, 5) is 43.1. The quantitative estimate of drug-likeness (QED) is 0.121. The normalized spacial score (nSPS) is 10.4. The van der Waals surface area contributed by atoms with Crippen molar-refractivity contribution in [2.45, 2.75) is 45.3 Å². The number of rotatable bonds is 2. The minimum absolute atomic E-state index is 0.138. The summed E-state index contributed by atoms with van der Waals surface area (Å²) in [5, 5.41) is -1.36. The minimum Gasteiger partial charge on any atom is -0.386 e. The molecule has 1 aliphatic heterocycles. The largest absolute Gasteiger partial charge is 0.386 e. The van der Waals surface area contributed by atoms with Crippen LogP contribution in [-0.4, -0.2) is 22.4 Å². The van der Waals surface area contributed by atoms with E-state index in [1.165, 1.54) is 12.1 Å². The molecule has 5 nitrogen and oxygen atoms in total. The molecule has 1 aliphatic rings. The van der Waals surface area contributed by atoms with Crippen molar-refractivity contribution in [1.82, 2.24) is 0 Å². The predicted octanol–water partition coefficient (Wildman–Crippen LogP) is 10.0. The standard InChI is InChI=1S/C8H4Cl2O2.C8H4O3.C7H5Cl3.3C2H6/c9-7(11)5-3-1-2-4-6(5)8(10)12;9-7-5-3-1-2-4-6(5)8(10)11-7;8-7(9,10)6-4-2-1-3-5-6;3*1-2/h1-4H;1-4H;1-5H;3*1-2H3. The van der Waals surface area contributed by atoms with Gasteiger partial charge in [0.15, 0.2) is 0 Å². The molecule has 0 unspecified atom stereocenters. The van der Waals surface area contributed by atoms with Gasteiger partial charge in [0.25, 0.3) is 10.5 Å². The Morgan fingerprint density at radius 1 is 0.564 bits per heavy atom. The van der Waals surface area contributed by atoms with Crippen molar-refractivity contribution in [2.75, 3.05) is 0 Å². The SMILES string of the molecule is CC.CC.CC.ClC(Cl)(Cl)c1ccccc1.O=C(Cl)c1ccccc1C(=O)Cl.O=C1OC(=O)c2ccccc21. The minimum atomic E-state index is -1.29. The highest BCUT2D eigenvalue weighted by Gasteiger charge is 2.28. The number of carbonyl (C=O) groups excluding carboxylic acids is 4. The molecule has 0 spiro atoms. The van der Waals surface area contributed by atoms with E-state index in [-0.39, 0.29) is 11.1 Å². The Morgan fingerprint density at radius 2 is 0.872 bits per heavy atom. The zero-order valence-electron chi connectivity index (χ0n) is 22.4. The van der Waals surface area contributed by atoms with Crippen LogP contribution in [0.3, 0.4) is 0 Å². The fraction of sp³-hybridized carbons (Fsp3) is 0.241. The number of hydrogen-bond acceptors (Lipinski definition) is 5. The van der Waals surface area contributed by atoms with Crippen molar-refractivity contribution in [2.24, 2.45) is 0 Å². The number of alkyl halides is 3. The van der Waals surface area contributed by atoms with Crippen LogP contribution in [0.5, 0.6) is 0 Å². The van der Waals surface area contributed by atoms with E-state index in [9.17, 15) is 19.2 Å². The van der Waals surface area contributed by atoms with Gasteiger partial charge in [-0.15, -0.1) is 0 Å². The first-order valence-corrected chi connectivity index (χ1v) is 13.9. The maximum Gasteiger partial charge on any atom is 0.346 e.